The molecule has 2 rings (SSSR count). The average molecular weight is 299 g/mol. The number of amides is 2. The molecule has 6 heteroatoms. The number of ether oxygens (including phenoxy) is 1. The van der Waals surface area contributed by atoms with Crippen molar-refractivity contribution in [2.45, 2.75) is 31.9 Å². The van der Waals surface area contributed by atoms with Gasteiger partial charge in [-0.25, -0.2) is 4.39 Å². The van der Waals surface area contributed by atoms with E-state index in [1.54, 1.807) is 12.1 Å². The molecule has 1 saturated heterocycles. The molecule has 1 heterocycles. The normalized spacial score (nSPS) is 17.2. The number of nitrogens with one attached hydrogen (secondary N) is 1. The van der Waals surface area contributed by atoms with Crippen LogP contribution in [0.1, 0.15) is 26.7 Å². The molecule has 1 aliphatic heterocycles. The maximum Gasteiger partial charge on any atom is 0.286 e. The molecule has 20 heavy (non-hydrogen) atoms. The van der Waals surface area contributed by atoms with Crippen LogP contribution in [0.15, 0.2) is 24.3 Å². The molecule has 0 aromatic heterocycles. The summed E-state index contributed by atoms with van der Waals surface area (Å²) < 4.78 is 18.0. The molecule has 0 spiro atoms. The van der Waals surface area contributed by atoms with Crippen molar-refractivity contribution in [3.8, 4) is 5.75 Å². The van der Waals surface area contributed by atoms with E-state index in [1.165, 1.54) is 12.1 Å². The van der Waals surface area contributed by atoms with Crippen molar-refractivity contribution < 1.29 is 18.7 Å². The van der Waals surface area contributed by atoms with Crippen LogP contribution in [0.5, 0.6) is 5.75 Å². The van der Waals surface area contributed by atoms with Crippen molar-refractivity contribution in [3.05, 3.63) is 30.1 Å². The Hall–Kier alpha value is -1.56. The second kappa shape index (κ2) is 8.58. The molecule has 1 aromatic rings. The van der Waals surface area contributed by atoms with Gasteiger partial charge in [-0.15, -0.1) is 0 Å². The summed E-state index contributed by atoms with van der Waals surface area (Å²) in [6.45, 7) is 4.43. The van der Waals surface area contributed by atoms with Crippen LogP contribution in [-0.2, 0) is 4.79 Å². The van der Waals surface area contributed by atoms with Crippen LogP contribution in [0.4, 0.5) is 9.18 Å². The van der Waals surface area contributed by atoms with E-state index in [2.05, 4.69) is 5.32 Å². The minimum atomic E-state index is -0.311. The van der Waals surface area contributed by atoms with Gasteiger partial charge in [0, 0.05) is 0 Å². The molecule has 1 atom stereocenters. The Morgan fingerprint density at radius 1 is 1.25 bits per heavy atom. The number of rotatable bonds is 5. The maximum atomic E-state index is 12.6. The Morgan fingerprint density at radius 3 is 2.45 bits per heavy atom. The summed E-state index contributed by atoms with van der Waals surface area (Å²) >= 11 is 1.02. The van der Waals surface area contributed by atoms with Gasteiger partial charge in [0.25, 0.3) is 5.24 Å². The van der Waals surface area contributed by atoms with E-state index in [0.29, 0.717) is 25.2 Å². The molecular formula is C14H18FNO3S. The predicted octanol–water partition coefficient (Wildman–Crippen LogP) is 3.36. The lowest BCUT2D eigenvalue weighted by Crippen LogP contribution is -2.24. The van der Waals surface area contributed by atoms with E-state index >= 15 is 0 Å². The smallest absolute Gasteiger partial charge is 0.286 e. The lowest BCUT2D eigenvalue weighted by atomic mass is 10.2. The fourth-order valence-electron chi connectivity index (χ4n) is 1.57. The van der Waals surface area contributed by atoms with Gasteiger partial charge in [0.2, 0.25) is 5.91 Å². The van der Waals surface area contributed by atoms with E-state index in [1.807, 2.05) is 13.8 Å². The Kier molecular flexibility index (Phi) is 7.08. The highest BCUT2D eigenvalue weighted by molar-refractivity contribution is 8.15. The predicted molar refractivity (Wildman–Crippen MR) is 77.4 cm³/mol. The minimum Gasteiger partial charge on any atom is -0.494 e. The zero-order chi connectivity index (χ0) is 15.0. The summed E-state index contributed by atoms with van der Waals surface area (Å²) in [5, 5.41) is 1.64. The lowest BCUT2D eigenvalue weighted by molar-refractivity contribution is -0.119. The first kappa shape index (κ1) is 16.5. The summed E-state index contributed by atoms with van der Waals surface area (Å²) in [6, 6.07) is 5.76. The summed E-state index contributed by atoms with van der Waals surface area (Å²) in [5.74, 6) is 0.0580. The highest BCUT2D eigenvalue weighted by atomic mass is 32.2. The molecule has 2 amide bonds. The monoisotopic (exact) mass is 299 g/mol. The molecule has 1 fully saturated rings. The molecule has 1 aliphatic rings. The van der Waals surface area contributed by atoms with Gasteiger partial charge >= 0.3 is 0 Å². The molecule has 0 aliphatic carbocycles. The van der Waals surface area contributed by atoms with Crippen LogP contribution in [0.25, 0.3) is 0 Å². The molecule has 1 unspecified atom stereocenters. The summed E-state index contributed by atoms with van der Waals surface area (Å²) in [5.41, 5.74) is 0. The zero-order valence-corrected chi connectivity index (χ0v) is 12.3. The van der Waals surface area contributed by atoms with Crippen LogP contribution >= 0.6 is 11.8 Å². The molecule has 0 radical (unpaired) electrons. The second-order valence-electron chi connectivity index (χ2n) is 3.83. The van der Waals surface area contributed by atoms with E-state index < -0.39 is 0 Å². The molecule has 0 bridgehead atoms. The van der Waals surface area contributed by atoms with Crippen molar-refractivity contribution in [3.63, 3.8) is 0 Å². The molecule has 110 valence electrons. The topological polar surface area (TPSA) is 55.4 Å². The number of hydrogen-bond donors (Lipinski definition) is 1. The third-order valence-electron chi connectivity index (χ3n) is 2.46. The van der Waals surface area contributed by atoms with Crippen LogP contribution < -0.4 is 10.1 Å². The van der Waals surface area contributed by atoms with E-state index in [-0.39, 0.29) is 22.2 Å². The van der Waals surface area contributed by atoms with Crippen LogP contribution in [0, 0.1) is 5.82 Å². The van der Waals surface area contributed by atoms with E-state index in [4.69, 9.17) is 4.74 Å². The van der Waals surface area contributed by atoms with Crippen molar-refractivity contribution in [1.82, 2.24) is 5.32 Å². The first-order chi connectivity index (χ1) is 9.65. The number of halogens is 1. The van der Waals surface area contributed by atoms with Crippen molar-refractivity contribution in [1.29, 1.82) is 0 Å². The summed E-state index contributed by atoms with van der Waals surface area (Å²) in [4.78, 5) is 22.2. The third kappa shape index (κ3) is 5.21. The van der Waals surface area contributed by atoms with E-state index in [9.17, 15) is 14.0 Å². The van der Waals surface area contributed by atoms with Gasteiger partial charge in [-0.1, -0.05) is 25.6 Å². The van der Waals surface area contributed by atoms with Crippen LogP contribution in [0.2, 0.25) is 0 Å². The summed E-state index contributed by atoms with van der Waals surface area (Å²) in [7, 11) is 0. The second-order valence-corrected chi connectivity index (χ2v) is 5.00. The number of carbonyl (C=O) groups excluding carboxylic acids is 2. The van der Waals surface area contributed by atoms with Gasteiger partial charge in [0.05, 0.1) is 11.9 Å². The Balaban J connectivity index is 0.000000956. The standard InChI is InChI=1S/C12H12FNO3S.C2H6/c13-8-3-5-9(6-4-8)17-7-1-2-10-11(15)14-12(16)18-10;1-2/h3-6,10H,1-2,7H2,(H,14,15,16);1-2H3. The maximum absolute atomic E-state index is 12.6. The van der Waals surface area contributed by atoms with Crippen molar-refractivity contribution in [2.24, 2.45) is 0 Å². The zero-order valence-electron chi connectivity index (χ0n) is 11.5. The third-order valence-corrected chi connectivity index (χ3v) is 3.51. The van der Waals surface area contributed by atoms with E-state index in [0.717, 1.165) is 11.8 Å². The summed E-state index contributed by atoms with van der Waals surface area (Å²) in [6.07, 6.45) is 1.25. The molecule has 1 aromatic carbocycles. The van der Waals surface area contributed by atoms with Gasteiger partial charge in [-0.2, -0.15) is 0 Å². The Bertz CT molecular complexity index is 450. The van der Waals surface area contributed by atoms with Crippen molar-refractivity contribution >= 4 is 22.9 Å². The molecule has 1 N–H and O–H groups in total. The highest BCUT2D eigenvalue weighted by Gasteiger charge is 2.30. The van der Waals surface area contributed by atoms with Gasteiger partial charge in [-0.05, 0) is 37.1 Å². The fraction of sp³-hybridized carbons (Fsp3) is 0.429. The number of thioether (sulfide) groups is 1. The molecule has 4 nitrogen and oxygen atoms in total. The molecule has 0 saturated carbocycles. The van der Waals surface area contributed by atoms with Gasteiger partial charge in [-0.3, -0.25) is 14.9 Å². The van der Waals surface area contributed by atoms with Crippen molar-refractivity contribution in [2.75, 3.05) is 6.61 Å². The number of imide groups is 1. The fourth-order valence-corrected chi connectivity index (χ4v) is 2.44. The first-order valence-corrected chi connectivity index (χ1v) is 7.43. The van der Waals surface area contributed by atoms with Gasteiger partial charge in [0.1, 0.15) is 11.6 Å². The average Bonchev–Trinajstić information content (AvgIpc) is 2.77. The number of hydrogen-bond acceptors (Lipinski definition) is 4. The quantitative estimate of drug-likeness (QED) is 0.847. The van der Waals surface area contributed by atoms with Crippen LogP contribution in [0.3, 0.4) is 0 Å². The Morgan fingerprint density at radius 2 is 1.90 bits per heavy atom. The first-order valence-electron chi connectivity index (χ1n) is 6.55. The molecular weight excluding hydrogens is 281 g/mol. The Labute approximate surface area is 122 Å². The highest BCUT2D eigenvalue weighted by Crippen LogP contribution is 2.23. The minimum absolute atomic E-state index is 0.230. The van der Waals surface area contributed by atoms with Gasteiger partial charge < -0.3 is 4.74 Å². The lowest BCUT2D eigenvalue weighted by Gasteiger charge is -2.07. The van der Waals surface area contributed by atoms with Gasteiger partial charge in [0.15, 0.2) is 0 Å². The largest absolute Gasteiger partial charge is 0.494 e. The number of carbonyl (C=O) groups is 2. The number of benzene rings is 1. The van der Waals surface area contributed by atoms with Crippen LogP contribution in [-0.4, -0.2) is 23.0 Å². The SMILES string of the molecule is CC.O=C1NC(=O)C(CCCOc2ccc(F)cc2)S1.